The van der Waals surface area contributed by atoms with Crippen molar-refractivity contribution in [3.8, 4) is 5.75 Å². The van der Waals surface area contributed by atoms with Crippen molar-refractivity contribution in [1.82, 2.24) is 4.90 Å². The van der Waals surface area contributed by atoms with Crippen molar-refractivity contribution in [1.29, 1.82) is 0 Å². The number of carbonyl (C=O) groups is 1. The molecule has 0 radical (unpaired) electrons. The summed E-state index contributed by atoms with van der Waals surface area (Å²) in [6.45, 7) is 6.94. The Labute approximate surface area is 113 Å². The van der Waals surface area contributed by atoms with E-state index in [9.17, 15) is 4.79 Å². The first-order chi connectivity index (χ1) is 9.20. The normalized spacial score (nSPS) is 15.2. The Hall–Kier alpha value is -1.75. The van der Waals surface area contributed by atoms with Gasteiger partial charge in [0.05, 0.1) is 25.5 Å². The first kappa shape index (κ1) is 13.7. The zero-order valence-corrected chi connectivity index (χ0v) is 11.4. The quantitative estimate of drug-likeness (QED) is 0.911. The summed E-state index contributed by atoms with van der Waals surface area (Å²) in [5.41, 5.74) is 1.82. The van der Waals surface area contributed by atoms with Crippen molar-refractivity contribution in [2.24, 2.45) is 0 Å². The number of ether oxygens (including phenoxy) is 2. The minimum absolute atomic E-state index is 0.104. The molecule has 1 aromatic carbocycles. The maximum absolute atomic E-state index is 12.1. The van der Waals surface area contributed by atoms with Crippen LogP contribution < -0.4 is 10.1 Å². The van der Waals surface area contributed by atoms with E-state index >= 15 is 0 Å². The van der Waals surface area contributed by atoms with Gasteiger partial charge in [-0.15, -0.1) is 0 Å². The van der Waals surface area contributed by atoms with Crippen molar-refractivity contribution in [3.05, 3.63) is 23.8 Å². The smallest absolute Gasteiger partial charge is 0.322 e. The van der Waals surface area contributed by atoms with Gasteiger partial charge in [0.15, 0.2) is 0 Å². The maximum Gasteiger partial charge on any atom is 0.322 e. The Kier molecular flexibility index (Phi) is 4.63. The number of hydrogen-bond acceptors (Lipinski definition) is 3. The fraction of sp³-hybridized carbons (Fsp3) is 0.500. The van der Waals surface area contributed by atoms with Crippen molar-refractivity contribution in [2.75, 3.05) is 38.2 Å². The molecule has 0 atom stereocenters. The van der Waals surface area contributed by atoms with E-state index in [4.69, 9.17) is 9.47 Å². The molecule has 1 N–H and O–H groups in total. The molecule has 0 saturated carbocycles. The van der Waals surface area contributed by atoms with Crippen LogP contribution in [-0.2, 0) is 4.74 Å². The van der Waals surface area contributed by atoms with Crippen LogP contribution in [0.1, 0.15) is 12.5 Å². The van der Waals surface area contributed by atoms with Gasteiger partial charge in [-0.1, -0.05) is 6.07 Å². The van der Waals surface area contributed by atoms with E-state index in [0.29, 0.717) is 44.3 Å². The summed E-state index contributed by atoms with van der Waals surface area (Å²) < 4.78 is 10.8. The van der Waals surface area contributed by atoms with Crippen LogP contribution in [0.25, 0.3) is 0 Å². The molecule has 1 aliphatic rings. The van der Waals surface area contributed by atoms with Gasteiger partial charge in [-0.25, -0.2) is 4.79 Å². The molecule has 0 unspecified atom stereocenters. The molecule has 1 aliphatic heterocycles. The van der Waals surface area contributed by atoms with Crippen LogP contribution in [0.3, 0.4) is 0 Å². The van der Waals surface area contributed by atoms with Crippen molar-refractivity contribution in [3.63, 3.8) is 0 Å². The zero-order chi connectivity index (χ0) is 13.7. The number of amides is 2. The average molecular weight is 264 g/mol. The van der Waals surface area contributed by atoms with Gasteiger partial charge in [-0.3, -0.25) is 0 Å². The van der Waals surface area contributed by atoms with Crippen LogP contribution in [0.15, 0.2) is 18.2 Å². The lowest BCUT2D eigenvalue weighted by atomic mass is 10.2. The number of anilines is 1. The first-order valence-electron chi connectivity index (χ1n) is 6.58. The third-order valence-corrected chi connectivity index (χ3v) is 2.98. The molecule has 1 saturated heterocycles. The third kappa shape index (κ3) is 3.61. The average Bonchev–Trinajstić information content (AvgIpc) is 2.43. The van der Waals surface area contributed by atoms with E-state index < -0.39 is 0 Å². The minimum Gasteiger partial charge on any atom is -0.492 e. The summed E-state index contributed by atoms with van der Waals surface area (Å²) in [5, 5.41) is 2.90. The standard InChI is InChI=1S/C14H20N2O3/c1-3-19-13-10-11(2)4-5-12(13)15-14(17)16-6-8-18-9-7-16/h4-5,10H,3,6-9H2,1-2H3,(H,15,17). The molecule has 2 rings (SSSR count). The van der Waals surface area contributed by atoms with E-state index in [1.807, 2.05) is 32.0 Å². The number of morpholine rings is 1. The molecule has 19 heavy (non-hydrogen) atoms. The number of hydrogen-bond donors (Lipinski definition) is 1. The summed E-state index contributed by atoms with van der Waals surface area (Å²) in [6, 6.07) is 5.65. The second-order valence-electron chi connectivity index (χ2n) is 4.46. The van der Waals surface area contributed by atoms with Gasteiger partial charge >= 0.3 is 6.03 Å². The first-order valence-corrected chi connectivity index (χ1v) is 6.58. The van der Waals surface area contributed by atoms with Gasteiger partial charge in [-0.05, 0) is 31.5 Å². The Morgan fingerprint density at radius 2 is 2.16 bits per heavy atom. The molecule has 1 fully saturated rings. The molecule has 5 nitrogen and oxygen atoms in total. The van der Waals surface area contributed by atoms with Crippen molar-refractivity contribution in [2.45, 2.75) is 13.8 Å². The predicted octanol–water partition coefficient (Wildman–Crippen LogP) is 2.26. The Morgan fingerprint density at radius 1 is 1.42 bits per heavy atom. The fourth-order valence-corrected chi connectivity index (χ4v) is 1.97. The number of aryl methyl sites for hydroxylation is 1. The minimum atomic E-state index is -0.104. The molecule has 0 bridgehead atoms. The predicted molar refractivity (Wildman–Crippen MR) is 73.8 cm³/mol. The van der Waals surface area contributed by atoms with E-state index in [1.165, 1.54) is 0 Å². The summed E-state index contributed by atoms with van der Waals surface area (Å²) >= 11 is 0. The number of nitrogens with zero attached hydrogens (tertiary/aromatic N) is 1. The molecule has 1 heterocycles. The second kappa shape index (κ2) is 6.43. The molecular formula is C14H20N2O3. The van der Waals surface area contributed by atoms with Gasteiger partial charge in [0, 0.05) is 13.1 Å². The van der Waals surface area contributed by atoms with Crippen molar-refractivity contribution < 1.29 is 14.3 Å². The lowest BCUT2D eigenvalue weighted by Crippen LogP contribution is -2.43. The van der Waals surface area contributed by atoms with Gasteiger partial charge in [0.1, 0.15) is 5.75 Å². The van der Waals surface area contributed by atoms with Crippen LogP contribution in [0.4, 0.5) is 10.5 Å². The number of benzene rings is 1. The molecule has 5 heteroatoms. The van der Waals surface area contributed by atoms with E-state index in [1.54, 1.807) is 4.90 Å². The highest BCUT2D eigenvalue weighted by atomic mass is 16.5. The molecule has 0 spiro atoms. The van der Waals surface area contributed by atoms with Crippen LogP contribution in [0.2, 0.25) is 0 Å². The second-order valence-corrected chi connectivity index (χ2v) is 4.46. The van der Waals surface area contributed by atoms with Crippen LogP contribution in [0.5, 0.6) is 5.75 Å². The van der Waals surface area contributed by atoms with E-state index in [0.717, 1.165) is 5.56 Å². The molecule has 2 amide bonds. The highest BCUT2D eigenvalue weighted by molar-refractivity contribution is 5.91. The van der Waals surface area contributed by atoms with Gasteiger partial charge in [0.25, 0.3) is 0 Å². The molecule has 1 aromatic rings. The van der Waals surface area contributed by atoms with Crippen LogP contribution in [-0.4, -0.2) is 43.8 Å². The molecule has 104 valence electrons. The van der Waals surface area contributed by atoms with Crippen LogP contribution >= 0.6 is 0 Å². The van der Waals surface area contributed by atoms with Gasteiger partial charge in [-0.2, -0.15) is 0 Å². The SMILES string of the molecule is CCOc1cc(C)ccc1NC(=O)N1CCOCC1. The Bertz CT molecular complexity index is 442. The maximum atomic E-state index is 12.1. The Morgan fingerprint density at radius 3 is 2.84 bits per heavy atom. The van der Waals surface area contributed by atoms with E-state index in [2.05, 4.69) is 5.32 Å². The lowest BCUT2D eigenvalue weighted by Gasteiger charge is -2.27. The summed E-state index contributed by atoms with van der Waals surface area (Å²) in [7, 11) is 0. The van der Waals surface area contributed by atoms with Crippen molar-refractivity contribution >= 4 is 11.7 Å². The summed E-state index contributed by atoms with van der Waals surface area (Å²) in [4.78, 5) is 13.9. The van der Waals surface area contributed by atoms with Gasteiger partial charge in [0.2, 0.25) is 0 Å². The monoisotopic (exact) mass is 264 g/mol. The highest BCUT2D eigenvalue weighted by Crippen LogP contribution is 2.26. The lowest BCUT2D eigenvalue weighted by molar-refractivity contribution is 0.0564. The fourth-order valence-electron chi connectivity index (χ4n) is 1.97. The summed E-state index contributed by atoms with van der Waals surface area (Å²) in [6.07, 6.45) is 0. The highest BCUT2D eigenvalue weighted by Gasteiger charge is 2.18. The molecule has 0 aliphatic carbocycles. The Balaban J connectivity index is 2.06. The number of urea groups is 1. The van der Waals surface area contributed by atoms with Gasteiger partial charge < -0.3 is 19.7 Å². The summed E-state index contributed by atoms with van der Waals surface area (Å²) in [5.74, 6) is 0.712. The largest absolute Gasteiger partial charge is 0.492 e. The molecule has 0 aromatic heterocycles. The third-order valence-electron chi connectivity index (χ3n) is 2.98. The zero-order valence-electron chi connectivity index (χ0n) is 11.4. The van der Waals surface area contributed by atoms with Crippen LogP contribution in [0, 0.1) is 6.92 Å². The van der Waals surface area contributed by atoms with E-state index in [-0.39, 0.29) is 6.03 Å². The number of rotatable bonds is 3. The molecular weight excluding hydrogens is 244 g/mol. The number of carbonyl (C=O) groups excluding carboxylic acids is 1. The number of nitrogens with one attached hydrogen (secondary N) is 1. The topological polar surface area (TPSA) is 50.8 Å².